The smallest absolute Gasteiger partial charge is 0.317 e. The lowest BCUT2D eigenvalue weighted by atomic mass is 9.72. The molecule has 10 heteroatoms. The van der Waals surface area contributed by atoms with E-state index in [4.69, 9.17) is 9.47 Å². The Morgan fingerprint density at radius 2 is 1.91 bits per heavy atom. The molecule has 0 bridgehead atoms. The minimum atomic E-state index is 0.169. The van der Waals surface area contributed by atoms with Gasteiger partial charge in [-0.15, -0.1) is 0 Å². The normalized spacial score (nSPS) is 18.0. The fraction of sp³-hybridized carbons (Fsp3) is 0.500. The van der Waals surface area contributed by atoms with Crippen molar-refractivity contribution >= 4 is 22.4 Å². The van der Waals surface area contributed by atoms with Crippen molar-refractivity contribution in [2.24, 2.45) is 5.41 Å². The van der Waals surface area contributed by atoms with E-state index in [1.54, 1.807) is 12.4 Å². The highest BCUT2D eigenvalue weighted by Crippen LogP contribution is 2.43. The van der Waals surface area contributed by atoms with Crippen LogP contribution in [-0.2, 0) is 11.3 Å². The Morgan fingerprint density at radius 3 is 2.59 bits per heavy atom. The molecule has 3 aromatic rings. The quantitative estimate of drug-likeness (QED) is 0.576. The van der Waals surface area contributed by atoms with Crippen LogP contribution in [-0.4, -0.2) is 63.2 Å². The standard InChI is InChI=1S/C22H27N7O2S/c1-29(2)12-15-9-24-19(25-10-15)28-21-26-11-18(32-21)17-5-8-23-20(27-17)31-16-3-6-22(7-4-16)13-30-14-22/h5,8-11,16H,3-4,6-7,12-14H2,1-2H3,(H,24,25,26,28). The number of thiazole rings is 1. The second-order valence-electron chi connectivity index (χ2n) is 8.84. The van der Waals surface area contributed by atoms with E-state index in [-0.39, 0.29) is 6.10 Å². The zero-order valence-corrected chi connectivity index (χ0v) is 19.1. The Bertz CT molecular complexity index is 1040. The fourth-order valence-corrected chi connectivity index (χ4v) is 4.88. The number of aromatic nitrogens is 5. The van der Waals surface area contributed by atoms with Crippen LogP contribution in [0.25, 0.3) is 10.6 Å². The van der Waals surface area contributed by atoms with Gasteiger partial charge >= 0.3 is 6.01 Å². The summed E-state index contributed by atoms with van der Waals surface area (Å²) in [4.78, 5) is 25.1. The molecule has 32 heavy (non-hydrogen) atoms. The number of anilines is 2. The Morgan fingerprint density at radius 1 is 1.12 bits per heavy atom. The van der Waals surface area contributed by atoms with Crippen LogP contribution in [0.4, 0.5) is 11.1 Å². The highest BCUT2D eigenvalue weighted by Gasteiger charge is 2.42. The fourth-order valence-electron chi connectivity index (χ4n) is 4.10. The number of nitrogens with zero attached hydrogens (tertiary/aromatic N) is 6. The predicted molar refractivity (Wildman–Crippen MR) is 122 cm³/mol. The van der Waals surface area contributed by atoms with Crippen molar-refractivity contribution in [3.05, 3.63) is 36.4 Å². The predicted octanol–water partition coefficient (Wildman–Crippen LogP) is 3.53. The monoisotopic (exact) mass is 453 g/mol. The molecule has 1 N–H and O–H groups in total. The minimum absolute atomic E-state index is 0.169. The summed E-state index contributed by atoms with van der Waals surface area (Å²) in [6, 6.07) is 2.30. The summed E-state index contributed by atoms with van der Waals surface area (Å²) in [5.41, 5.74) is 2.26. The van der Waals surface area contributed by atoms with Crippen LogP contribution >= 0.6 is 11.3 Å². The van der Waals surface area contributed by atoms with Crippen molar-refractivity contribution in [1.82, 2.24) is 29.8 Å². The summed E-state index contributed by atoms with van der Waals surface area (Å²) in [5.74, 6) is 0.520. The van der Waals surface area contributed by atoms with E-state index in [1.807, 2.05) is 32.6 Å². The van der Waals surface area contributed by atoms with Crippen LogP contribution in [0.5, 0.6) is 6.01 Å². The summed E-state index contributed by atoms with van der Waals surface area (Å²) in [6.45, 7) is 2.60. The Hall–Kier alpha value is -2.69. The third-order valence-corrected chi connectivity index (χ3v) is 6.83. The highest BCUT2D eigenvalue weighted by molar-refractivity contribution is 7.18. The first-order valence-electron chi connectivity index (χ1n) is 10.8. The molecular weight excluding hydrogens is 426 g/mol. The molecule has 168 valence electrons. The lowest BCUT2D eigenvalue weighted by Gasteiger charge is -2.45. The van der Waals surface area contributed by atoms with Gasteiger partial charge in [-0.2, -0.15) is 4.98 Å². The molecule has 1 spiro atoms. The topological polar surface area (TPSA) is 98.2 Å². The van der Waals surface area contributed by atoms with E-state index in [9.17, 15) is 0 Å². The van der Waals surface area contributed by atoms with E-state index < -0.39 is 0 Å². The third kappa shape index (κ3) is 4.87. The summed E-state index contributed by atoms with van der Waals surface area (Å²) >= 11 is 1.49. The summed E-state index contributed by atoms with van der Waals surface area (Å²) in [5, 5.41) is 3.87. The van der Waals surface area contributed by atoms with Gasteiger partial charge in [0.1, 0.15) is 6.10 Å². The van der Waals surface area contributed by atoms with Crippen molar-refractivity contribution in [3.63, 3.8) is 0 Å². The van der Waals surface area contributed by atoms with Gasteiger partial charge in [-0.3, -0.25) is 0 Å². The lowest BCUT2D eigenvalue weighted by molar-refractivity contribution is -0.140. The van der Waals surface area contributed by atoms with E-state index >= 15 is 0 Å². The van der Waals surface area contributed by atoms with E-state index in [0.29, 0.717) is 22.5 Å². The average Bonchev–Trinajstić information content (AvgIpc) is 3.23. The van der Waals surface area contributed by atoms with E-state index in [2.05, 4.69) is 35.1 Å². The van der Waals surface area contributed by atoms with Crippen LogP contribution < -0.4 is 10.1 Å². The van der Waals surface area contributed by atoms with Gasteiger partial charge in [-0.25, -0.2) is 19.9 Å². The molecule has 0 amide bonds. The molecule has 1 saturated heterocycles. The Labute approximate surface area is 191 Å². The molecule has 3 aromatic heterocycles. The van der Waals surface area contributed by atoms with Crippen molar-refractivity contribution in [2.75, 3.05) is 32.6 Å². The van der Waals surface area contributed by atoms with Crippen molar-refractivity contribution < 1.29 is 9.47 Å². The molecule has 0 atom stereocenters. The van der Waals surface area contributed by atoms with Crippen LogP contribution in [0.15, 0.2) is 30.9 Å². The maximum absolute atomic E-state index is 6.10. The van der Waals surface area contributed by atoms with Gasteiger partial charge in [0.15, 0.2) is 5.13 Å². The van der Waals surface area contributed by atoms with Crippen LogP contribution in [0.2, 0.25) is 0 Å². The van der Waals surface area contributed by atoms with Gasteiger partial charge in [-0.05, 0) is 45.8 Å². The molecule has 9 nitrogen and oxygen atoms in total. The zero-order chi connectivity index (χ0) is 22.0. The van der Waals surface area contributed by atoms with Crippen LogP contribution in [0, 0.1) is 5.41 Å². The van der Waals surface area contributed by atoms with Crippen molar-refractivity contribution in [2.45, 2.75) is 38.3 Å². The molecule has 1 saturated carbocycles. The molecule has 2 fully saturated rings. The number of nitrogens with one attached hydrogen (secondary N) is 1. The van der Waals surface area contributed by atoms with Gasteiger partial charge in [0.2, 0.25) is 5.95 Å². The summed E-state index contributed by atoms with van der Waals surface area (Å²) < 4.78 is 11.5. The van der Waals surface area contributed by atoms with Crippen LogP contribution in [0.3, 0.4) is 0 Å². The molecule has 4 heterocycles. The maximum Gasteiger partial charge on any atom is 0.317 e. The van der Waals surface area contributed by atoms with Crippen molar-refractivity contribution in [1.29, 1.82) is 0 Å². The van der Waals surface area contributed by atoms with Gasteiger partial charge in [0, 0.05) is 42.3 Å². The summed E-state index contributed by atoms with van der Waals surface area (Å²) in [7, 11) is 4.03. The van der Waals surface area contributed by atoms with Gasteiger partial charge in [-0.1, -0.05) is 11.3 Å². The van der Waals surface area contributed by atoms with Gasteiger partial charge in [0.05, 0.1) is 23.8 Å². The molecule has 2 aliphatic rings. The largest absolute Gasteiger partial charge is 0.460 e. The number of ether oxygens (including phenoxy) is 2. The van der Waals surface area contributed by atoms with Crippen molar-refractivity contribution in [3.8, 4) is 16.6 Å². The molecule has 0 unspecified atom stereocenters. The SMILES string of the molecule is CN(C)Cc1cnc(Nc2ncc(-c3ccnc(OC4CCC5(CC4)COC5)n3)s2)nc1. The Kier molecular flexibility index (Phi) is 5.99. The van der Waals surface area contributed by atoms with E-state index in [0.717, 1.165) is 61.6 Å². The lowest BCUT2D eigenvalue weighted by Crippen LogP contribution is -2.46. The van der Waals surface area contributed by atoms with Gasteiger partial charge < -0.3 is 19.7 Å². The Balaban J connectivity index is 1.20. The first-order valence-corrected chi connectivity index (χ1v) is 11.6. The van der Waals surface area contributed by atoms with Gasteiger partial charge in [0.25, 0.3) is 0 Å². The van der Waals surface area contributed by atoms with Crippen LogP contribution in [0.1, 0.15) is 31.2 Å². The zero-order valence-electron chi connectivity index (χ0n) is 18.3. The summed E-state index contributed by atoms with van der Waals surface area (Å²) in [6.07, 6.45) is 11.7. The van der Waals surface area contributed by atoms with E-state index in [1.165, 1.54) is 11.3 Å². The second-order valence-corrected chi connectivity index (χ2v) is 9.87. The molecular formula is C22H27N7O2S. The number of hydrogen-bond acceptors (Lipinski definition) is 10. The molecule has 1 aliphatic heterocycles. The first kappa shape index (κ1) is 21.2. The minimum Gasteiger partial charge on any atom is -0.460 e. The number of rotatable bonds is 7. The number of hydrogen-bond donors (Lipinski definition) is 1. The average molecular weight is 454 g/mol. The molecule has 0 aromatic carbocycles. The highest BCUT2D eigenvalue weighted by atomic mass is 32.1. The third-order valence-electron chi connectivity index (χ3n) is 5.90. The maximum atomic E-state index is 6.10. The first-order chi connectivity index (χ1) is 15.6. The second kappa shape index (κ2) is 9.05. The molecule has 5 rings (SSSR count). The molecule has 1 aliphatic carbocycles. The molecule has 0 radical (unpaired) electrons.